The molecule has 0 fully saturated rings. The van der Waals surface area contributed by atoms with Gasteiger partial charge >= 0.3 is 0 Å². The van der Waals surface area contributed by atoms with Crippen molar-refractivity contribution in [2.24, 2.45) is 0 Å². The van der Waals surface area contributed by atoms with Gasteiger partial charge in [-0.3, -0.25) is 4.79 Å². The van der Waals surface area contributed by atoms with Crippen molar-refractivity contribution < 1.29 is 9.53 Å². The Bertz CT molecular complexity index is 924. The summed E-state index contributed by atoms with van der Waals surface area (Å²) in [6.07, 6.45) is 1.24. The number of anilines is 2. The minimum Gasteiger partial charge on any atom is -0.493 e. The Labute approximate surface area is 155 Å². The topological polar surface area (TPSA) is 77.2 Å². The van der Waals surface area contributed by atoms with E-state index in [4.69, 9.17) is 10.5 Å². The molecule has 1 aliphatic rings. The molecule has 26 heavy (non-hydrogen) atoms. The Morgan fingerprint density at radius 2 is 2.04 bits per heavy atom. The maximum absolute atomic E-state index is 12.0. The fourth-order valence-corrected chi connectivity index (χ4v) is 4.07. The van der Waals surface area contributed by atoms with E-state index in [2.05, 4.69) is 22.4 Å². The second-order valence-corrected chi connectivity index (χ2v) is 7.29. The molecule has 1 atom stereocenters. The number of nitrogens with one attached hydrogen (secondary N) is 1. The summed E-state index contributed by atoms with van der Waals surface area (Å²) < 4.78 is 5.92. The second-order valence-electron chi connectivity index (χ2n) is 6.23. The number of carbonyl (C=O) groups is 1. The summed E-state index contributed by atoms with van der Waals surface area (Å²) in [7, 11) is 0. The van der Waals surface area contributed by atoms with Gasteiger partial charge in [-0.25, -0.2) is 4.98 Å². The number of hydrogen-bond acceptors (Lipinski definition) is 5. The number of fused-ring (bicyclic) bond motifs is 1. The van der Waals surface area contributed by atoms with E-state index in [1.807, 2.05) is 42.5 Å². The summed E-state index contributed by atoms with van der Waals surface area (Å²) in [4.78, 5) is 17.2. The Morgan fingerprint density at radius 3 is 2.88 bits per heavy atom. The summed E-state index contributed by atoms with van der Waals surface area (Å²) in [5, 5.41) is 3.27. The van der Waals surface area contributed by atoms with Crippen LogP contribution in [0.1, 0.15) is 28.3 Å². The van der Waals surface area contributed by atoms with E-state index in [0.717, 1.165) is 22.6 Å². The Hall–Kier alpha value is -2.86. The van der Waals surface area contributed by atoms with Gasteiger partial charge in [0.05, 0.1) is 11.5 Å². The zero-order valence-electron chi connectivity index (χ0n) is 14.1. The molecule has 0 aliphatic carbocycles. The number of carbonyl (C=O) groups excluding carboxylic acids is 1. The molecule has 1 aromatic heterocycles. The highest BCUT2D eigenvalue weighted by Crippen LogP contribution is 2.42. The van der Waals surface area contributed by atoms with Crippen LogP contribution in [0.3, 0.4) is 0 Å². The smallest absolute Gasteiger partial charge is 0.226 e. The Balaban J connectivity index is 1.50. The number of aromatic nitrogens is 1. The van der Waals surface area contributed by atoms with Crippen LogP contribution in [0.5, 0.6) is 5.75 Å². The molecule has 5 nitrogen and oxygen atoms in total. The first-order chi connectivity index (χ1) is 12.7. The first kappa shape index (κ1) is 16.6. The van der Waals surface area contributed by atoms with E-state index in [1.54, 1.807) is 0 Å². The van der Waals surface area contributed by atoms with Gasteiger partial charge in [-0.2, -0.15) is 0 Å². The highest BCUT2D eigenvalue weighted by molar-refractivity contribution is 7.16. The number of nitrogen functional groups attached to an aromatic ring is 1. The highest BCUT2D eigenvalue weighted by atomic mass is 32.1. The lowest BCUT2D eigenvalue weighted by Gasteiger charge is -2.22. The van der Waals surface area contributed by atoms with E-state index in [9.17, 15) is 4.79 Å². The Morgan fingerprint density at radius 1 is 1.19 bits per heavy atom. The van der Waals surface area contributed by atoms with E-state index in [0.29, 0.717) is 24.0 Å². The summed E-state index contributed by atoms with van der Waals surface area (Å²) in [6, 6.07) is 18.2. The molecule has 2 aromatic carbocycles. The second kappa shape index (κ2) is 7.17. The van der Waals surface area contributed by atoms with E-state index in [-0.39, 0.29) is 11.8 Å². The number of ether oxygens (including phenoxy) is 1. The van der Waals surface area contributed by atoms with Gasteiger partial charge in [0.15, 0.2) is 5.13 Å². The molecule has 1 amide bonds. The molecule has 0 spiro atoms. The third kappa shape index (κ3) is 3.55. The van der Waals surface area contributed by atoms with Gasteiger partial charge in [-0.1, -0.05) is 53.8 Å². The predicted octanol–water partition coefficient (Wildman–Crippen LogP) is 3.82. The van der Waals surface area contributed by atoms with Crippen LogP contribution < -0.4 is 15.8 Å². The van der Waals surface area contributed by atoms with Gasteiger partial charge in [-0.15, -0.1) is 0 Å². The van der Waals surface area contributed by atoms with E-state index >= 15 is 0 Å². The van der Waals surface area contributed by atoms with Crippen LogP contribution >= 0.6 is 11.3 Å². The van der Waals surface area contributed by atoms with Crippen LogP contribution in [-0.2, 0) is 11.2 Å². The van der Waals surface area contributed by atoms with Gasteiger partial charge in [0.1, 0.15) is 11.6 Å². The number of rotatable bonds is 5. The lowest BCUT2D eigenvalue weighted by Crippen LogP contribution is -2.22. The molecule has 0 saturated heterocycles. The number of hydrogen-bond donors (Lipinski definition) is 2. The van der Waals surface area contributed by atoms with Gasteiger partial charge < -0.3 is 15.8 Å². The van der Waals surface area contributed by atoms with Crippen LogP contribution in [0.25, 0.3) is 0 Å². The normalized spacial score (nSPS) is 16.0. The van der Waals surface area contributed by atoms with Crippen molar-refractivity contribution in [3.05, 3.63) is 70.6 Å². The molecule has 3 N–H and O–H groups in total. The fourth-order valence-electron chi connectivity index (χ4n) is 3.16. The number of benzene rings is 2. The van der Waals surface area contributed by atoms with E-state index in [1.165, 1.54) is 16.9 Å². The number of nitrogens with two attached hydrogens (primary N) is 1. The summed E-state index contributed by atoms with van der Waals surface area (Å²) >= 11 is 1.43. The highest BCUT2D eigenvalue weighted by Gasteiger charge is 2.30. The molecule has 2 heterocycles. The van der Waals surface area contributed by atoms with Crippen LogP contribution in [0.15, 0.2) is 54.6 Å². The van der Waals surface area contributed by atoms with E-state index < -0.39 is 0 Å². The maximum atomic E-state index is 12.0. The minimum atomic E-state index is -0.0387. The van der Waals surface area contributed by atoms with Crippen molar-refractivity contribution in [3.8, 4) is 5.75 Å². The predicted molar refractivity (Wildman–Crippen MR) is 104 cm³/mol. The maximum Gasteiger partial charge on any atom is 0.226 e. The quantitative estimate of drug-likeness (QED) is 0.720. The third-order valence-electron chi connectivity index (χ3n) is 4.40. The number of nitrogens with zero attached hydrogens (tertiary/aromatic N) is 1. The summed E-state index contributed by atoms with van der Waals surface area (Å²) in [5.74, 6) is 1.32. The van der Waals surface area contributed by atoms with Crippen molar-refractivity contribution in [3.63, 3.8) is 0 Å². The van der Waals surface area contributed by atoms with Crippen LogP contribution in [0.4, 0.5) is 10.9 Å². The molecule has 4 rings (SSSR count). The average Bonchev–Trinajstić information content (AvgIpc) is 3.02. The lowest BCUT2D eigenvalue weighted by molar-refractivity contribution is -0.116. The number of thiazole rings is 1. The molecule has 6 heteroatoms. The monoisotopic (exact) mass is 365 g/mol. The number of amides is 1. The summed E-state index contributed by atoms with van der Waals surface area (Å²) in [5.41, 5.74) is 8.12. The molecular formula is C20H19N3O2S. The van der Waals surface area contributed by atoms with Crippen LogP contribution in [0.2, 0.25) is 0 Å². The first-order valence-corrected chi connectivity index (χ1v) is 9.33. The van der Waals surface area contributed by atoms with Crippen molar-refractivity contribution in [2.75, 3.05) is 17.7 Å². The summed E-state index contributed by atoms with van der Waals surface area (Å²) in [6.45, 7) is 0.609. The van der Waals surface area contributed by atoms with Crippen molar-refractivity contribution in [2.45, 2.75) is 18.8 Å². The van der Waals surface area contributed by atoms with Crippen LogP contribution in [0, 0.1) is 0 Å². The largest absolute Gasteiger partial charge is 0.493 e. The van der Waals surface area contributed by atoms with Gasteiger partial charge in [0.2, 0.25) is 5.91 Å². The zero-order valence-corrected chi connectivity index (χ0v) is 15.0. The first-order valence-electron chi connectivity index (χ1n) is 8.52. The lowest BCUT2D eigenvalue weighted by atomic mass is 9.91. The standard InChI is InChI=1S/C20H19N3O2S/c21-20-23-19-18(26-20)16(12-17(24)22-19)14-7-4-8-15(11-14)25-10-9-13-5-2-1-3-6-13/h1-8,11,16H,9-10,12H2,(H2,21,23)(H,22,24). The third-order valence-corrected chi connectivity index (χ3v) is 5.39. The molecule has 1 aliphatic heterocycles. The molecule has 3 aromatic rings. The molecule has 0 bridgehead atoms. The molecule has 0 radical (unpaired) electrons. The molecule has 132 valence electrons. The minimum absolute atomic E-state index is 0.0359. The fraction of sp³-hybridized carbons (Fsp3) is 0.200. The van der Waals surface area contributed by atoms with Gasteiger partial charge in [0, 0.05) is 18.8 Å². The van der Waals surface area contributed by atoms with Gasteiger partial charge in [-0.05, 0) is 23.3 Å². The Kier molecular flexibility index (Phi) is 4.58. The van der Waals surface area contributed by atoms with Crippen molar-refractivity contribution in [1.29, 1.82) is 0 Å². The van der Waals surface area contributed by atoms with Crippen LogP contribution in [-0.4, -0.2) is 17.5 Å². The molecular weight excluding hydrogens is 346 g/mol. The van der Waals surface area contributed by atoms with Crippen molar-refractivity contribution in [1.82, 2.24) is 4.98 Å². The SMILES string of the molecule is Nc1nc2c(s1)C(c1cccc(OCCc3ccccc3)c1)CC(=O)N2. The molecule has 1 unspecified atom stereocenters. The zero-order chi connectivity index (χ0) is 17.9. The van der Waals surface area contributed by atoms with Gasteiger partial charge in [0.25, 0.3) is 0 Å². The van der Waals surface area contributed by atoms with Crippen molar-refractivity contribution >= 4 is 28.2 Å². The average molecular weight is 365 g/mol. The molecule has 0 saturated carbocycles.